The lowest BCUT2D eigenvalue weighted by Crippen LogP contribution is -2.04. The fourth-order valence-corrected chi connectivity index (χ4v) is 1.48. The quantitative estimate of drug-likeness (QED) is 0.825. The molecule has 0 saturated carbocycles. The third-order valence-electron chi connectivity index (χ3n) is 1.47. The van der Waals surface area contributed by atoms with Gasteiger partial charge in [-0.1, -0.05) is 11.3 Å². The minimum absolute atomic E-state index is 0. The molecule has 2 N–H and O–H groups in total. The molecule has 2 rings (SSSR count). The second kappa shape index (κ2) is 4.76. The molecule has 1 atom stereocenters. The topological polar surface area (TPSA) is 56.2 Å². The van der Waals surface area contributed by atoms with Gasteiger partial charge in [-0.25, -0.2) is 9.50 Å². The first-order valence-electron chi connectivity index (χ1n) is 3.32. The van der Waals surface area contributed by atoms with Gasteiger partial charge >= 0.3 is 0 Å². The molecule has 0 aliphatic heterocycles. The van der Waals surface area contributed by atoms with Crippen molar-refractivity contribution in [2.45, 2.75) is 13.0 Å². The van der Waals surface area contributed by atoms with Crippen LogP contribution in [0, 0.1) is 0 Å². The van der Waals surface area contributed by atoms with Crippen molar-refractivity contribution < 1.29 is 0 Å². The summed E-state index contributed by atoms with van der Waals surface area (Å²) < 4.78 is 1.74. The number of halogens is 2. The van der Waals surface area contributed by atoms with Crippen molar-refractivity contribution in [3.63, 3.8) is 0 Å². The number of hydrogen-bond donors (Lipinski definition) is 1. The van der Waals surface area contributed by atoms with Crippen LogP contribution in [0.3, 0.4) is 0 Å². The van der Waals surface area contributed by atoms with Crippen molar-refractivity contribution in [2.24, 2.45) is 5.73 Å². The Morgan fingerprint density at radius 1 is 1.54 bits per heavy atom. The van der Waals surface area contributed by atoms with Gasteiger partial charge in [-0.15, -0.1) is 24.8 Å². The van der Waals surface area contributed by atoms with Gasteiger partial charge in [0.2, 0.25) is 4.96 Å². The summed E-state index contributed by atoms with van der Waals surface area (Å²) in [6.45, 7) is 1.91. The summed E-state index contributed by atoms with van der Waals surface area (Å²) in [6, 6.07) is -0.0103. The highest BCUT2D eigenvalue weighted by molar-refractivity contribution is 7.14. The number of aromatic nitrogens is 3. The Hall–Kier alpha value is -0.360. The highest BCUT2D eigenvalue weighted by Crippen LogP contribution is 2.12. The molecule has 13 heavy (non-hydrogen) atoms. The van der Waals surface area contributed by atoms with E-state index in [1.165, 1.54) is 11.3 Å². The lowest BCUT2D eigenvalue weighted by molar-refractivity contribution is 0.787. The zero-order valence-electron chi connectivity index (χ0n) is 6.88. The normalized spacial score (nSPS) is 11.8. The zero-order valence-corrected chi connectivity index (χ0v) is 9.33. The molecule has 0 saturated heterocycles. The second-order valence-corrected chi connectivity index (χ2v) is 3.23. The average Bonchev–Trinajstić information content (AvgIpc) is 2.40. The van der Waals surface area contributed by atoms with E-state index in [1.807, 2.05) is 13.1 Å². The van der Waals surface area contributed by atoms with E-state index in [9.17, 15) is 0 Å². The molecule has 1 unspecified atom stereocenters. The molecule has 4 nitrogen and oxygen atoms in total. The van der Waals surface area contributed by atoms with E-state index >= 15 is 0 Å². The Morgan fingerprint density at radius 3 is 2.77 bits per heavy atom. The van der Waals surface area contributed by atoms with Crippen LogP contribution in [0.4, 0.5) is 0 Å². The van der Waals surface area contributed by atoms with Crippen molar-refractivity contribution >= 4 is 41.1 Å². The molecule has 0 aliphatic rings. The monoisotopic (exact) mass is 240 g/mol. The summed E-state index contributed by atoms with van der Waals surface area (Å²) in [5, 5.41) is 4.04. The van der Waals surface area contributed by atoms with Crippen LogP contribution in [0.15, 0.2) is 11.7 Å². The number of nitrogens with zero attached hydrogens (tertiary/aromatic N) is 3. The fraction of sp³-hybridized carbons (Fsp3) is 0.333. The molecule has 0 fully saturated rings. The molecule has 0 aromatic carbocycles. The highest BCUT2D eigenvalue weighted by atomic mass is 35.5. The summed E-state index contributed by atoms with van der Waals surface area (Å²) >= 11 is 1.51. The molecular formula is C6H10Cl2N4S. The molecular weight excluding hydrogens is 231 g/mol. The van der Waals surface area contributed by atoms with Crippen molar-refractivity contribution in [1.82, 2.24) is 14.6 Å². The Morgan fingerprint density at radius 2 is 2.23 bits per heavy atom. The van der Waals surface area contributed by atoms with Crippen LogP contribution in [-0.2, 0) is 0 Å². The number of imidazole rings is 1. The summed E-state index contributed by atoms with van der Waals surface area (Å²) in [4.78, 5) is 5.17. The molecule has 7 heteroatoms. The number of nitrogens with two attached hydrogens (primary N) is 1. The van der Waals surface area contributed by atoms with Crippen LogP contribution in [0.25, 0.3) is 4.96 Å². The minimum atomic E-state index is -0.0103. The second-order valence-electron chi connectivity index (χ2n) is 2.42. The largest absolute Gasteiger partial charge is 0.323 e. The van der Waals surface area contributed by atoms with Gasteiger partial charge in [0.15, 0.2) is 0 Å². The van der Waals surface area contributed by atoms with Gasteiger partial charge in [-0.2, -0.15) is 5.10 Å². The highest BCUT2D eigenvalue weighted by Gasteiger charge is 2.05. The number of fused-ring (bicyclic) bond motifs is 1. The van der Waals surface area contributed by atoms with Gasteiger partial charge < -0.3 is 5.73 Å². The third-order valence-corrected chi connectivity index (χ3v) is 2.16. The van der Waals surface area contributed by atoms with E-state index in [-0.39, 0.29) is 30.9 Å². The van der Waals surface area contributed by atoms with Crippen LogP contribution < -0.4 is 5.73 Å². The maximum absolute atomic E-state index is 5.64. The molecule has 0 radical (unpaired) electrons. The Labute approximate surface area is 92.0 Å². The van der Waals surface area contributed by atoms with Gasteiger partial charge in [0.05, 0.1) is 11.9 Å². The van der Waals surface area contributed by atoms with Crippen molar-refractivity contribution in [2.75, 3.05) is 0 Å². The van der Waals surface area contributed by atoms with E-state index in [0.717, 1.165) is 10.7 Å². The van der Waals surface area contributed by atoms with E-state index in [2.05, 4.69) is 10.1 Å². The van der Waals surface area contributed by atoms with E-state index in [4.69, 9.17) is 5.73 Å². The minimum Gasteiger partial charge on any atom is -0.323 e. The third kappa shape index (κ3) is 2.31. The summed E-state index contributed by atoms with van der Waals surface area (Å²) in [5.41, 5.74) is 8.29. The standard InChI is InChI=1S/C6H8N4S.2ClH/c1-4(7)5-2-10-6(9-5)11-3-8-10;;/h2-4H,7H2,1H3;2*1H. The van der Waals surface area contributed by atoms with Crippen LogP contribution in [0.1, 0.15) is 18.7 Å². The van der Waals surface area contributed by atoms with Crippen molar-refractivity contribution in [3.8, 4) is 0 Å². The van der Waals surface area contributed by atoms with Gasteiger partial charge in [-0.3, -0.25) is 0 Å². The Balaban J connectivity index is 0.000000720. The lowest BCUT2D eigenvalue weighted by Gasteiger charge is -1.95. The molecule has 2 aromatic rings. The molecule has 0 aliphatic carbocycles. The average molecular weight is 241 g/mol. The molecule has 2 heterocycles. The first-order valence-corrected chi connectivity index (χ1v) is 4.19. The lowest BCUT2D eigenvalue weighted by atomic mass is 10.3. The summed E-state index contributed by atoms with van der Waals surface area (Å²) in [5.74, 6) is 0. The first kappa shape index (κ1) is 12.6. The molecule has 74 valence electrons. The molecule has 0 bridgehead atoms. The zero-order chi connectivity index (χ0) is 7.84. The maximum Gasteiger partial charge on any atom is 0.212 e. The van der Waals surface area contributed by atoms with Gasteiger partial charge in [-0.05, 0) is 6.92 Å². The Bertz CT molecular complexity index is 341. The Kier molecular flexibility index (Phi) is 4.63. The van der Waals surface area contributed by atoms with Gasteiger partial charge in [0.25, 0.3) is 0 Å². The maximum atomic E-state index is 5.64. The van der Waals surface area contributed by atoms with Crippen LogP contribution in [-0.4, -0.2) is 14.6 Å². The number of hydrogen-bond acceptors (Lipinski definition) is 4. The fourth-order valence-electron chi connectivity index (χ4n) is 0.875. The first-order chi connectivity index (χ1) is 5.27. The molecule has 2 aromatic heterocycles. The molecule has 0 spiro atoms. The van der Waals surface area contributed by atoms with Gasteiger partial charge in [0, 0.05) is 6.04 Å². The van der Waals surface area contributed by atoms with Crippen molar-refractivity contribution in [3.05, 3.63) is 17.4 Å². The van der Waals surface area contributed by atoms with E-state index in [0.29, 0.717) is 0 Å². The van der Waals surface area contributed by atoms with Crippen LogP contribution in [0.2, 0.25) is 0 Å². The number of rotatable bonds is 1. The summed E-state index contributed by atoms with van der Waals surface area (Å²) in [7, 11) is 0. The SMILES string of the molecule is CC(N)c1cn2ncsc2n1.Cl.Cl. The van der Waals surface area contributed by atoms with E-state index < -0.39 is 0 Å². The summed E-state index contributed by atoms with van der Waals surface area (Å²) in [6.07, 6.45) is 1.86. The van der Waals surface area contributed by atoms with Crippen LogP contribution in [0.5, 0.6) is 0 Å². The van der Waals surface area contributed by atoms with Gasteiger partial charge in [0.1, 0.15) is 5.51 Å². The van der Waals surface area contributed by atoms with E-state index in [1.54, 1.807) is 10.0 Å². The predicted molar refractivity (Wildman–Crippen MR) is 58.0 cm³/mol. The molecule has 0 amide bonds. The smallest absolute Gasteiger partial charge is 0.212 e. The predicted octanol–water partition coefficient (Wildman–Crippen LogP) is 1.65. The van der Waals surface area contributed by atoms with Crippen molar-refractivity contribution in [1.29, 1.82) is 0 Å². The van der Waals surface area contributed by atoms with Crippen LogP contribution >= 0.6 is 36.2 Å².